The predicted octanol–water partition coefficient (Wildman–Crippen LogP) is 3.37. The maximum Gasteiger partial charge on any atom is 0.222 e. The first-order chi connectivity index (χ1) is 13.2. The van der Waals surface area contributed by atoms with Gasteiger partial charge in [0, 0.05) is 39.1 Å². The lowest BCUT2D eigenvalue weighted by Crippen LogP contribution is -2.49. The summed E-state index contributed by atoms with van der Waals surface area (Å²) < 4.78 is 19.3. The van der Waals surface area contributed by atoms with Gasteiger partial charge in [-0.3, -0.25) is 9.69 Å². The molecule has 1 aliphatic heterocycles. The maximum absolute atomic E-state index is 13.7. The van der Waals surface area contributed by atoms with E-state index in [2.05, 4.69) is 4.90 Å². The molecule has 3 rings (SSSR count). The molecule has 144 valence electrons. The summed E-state index contributed by atoms with van der Waals surface area (Å²) in [5.41, 5.74) is 0.759. The molecule has 0 spiro atoms. The zero-order chi connectivity index (χ0) is 18.9. The van der Waals surface area contributed by atoms with Crippen LogP contribution in [0.15, 0.2) is 54.6 Å². The molecule has 5 heteroatoms. The van der Waals surface area contributed by atoms with Gasteiger partial charge >= 0.3 is 0 Å². The van der Waals surface area contributed by atoms with Crippen molar-refractivity contribution in [1.82, 2.24) is 9.80 Å². The van der Waals surface area contributed by atoms with Crippen molar-refractivity contribution in [3.05, 3.63) is 66.0 Å². The van der Waals surface area contributed by atoms with Crippen LogP contribution in [0, 0.1) is 5.82 Å². The highest BCUT2D eigenvalue weighted by atomic mass is 19.1. The Morgan fingerprint density at radius 2 is 1.67 bits per heavy atom. The Bertz CT molecular complexity index is 715. The van der Waals surface area contributed by atoms with E-state index in [1.54, 1.807) is 6.07 Å². The second-order valence-electron chi connectivity index (χ2n) is 6.83. The molecule has 1 fully saturated rings. The molecule has 2 aromatic carbocycles. The van der Waals surface area contributed by atoms with Gasteiger partial charge in [0.25, 0.3) is 0 Å². The van der Waals surface area contributed by atoms with Crippen LogP contribution < -0.4 is 4.74 Å². The lowest BCUT2D eigenvalue weighted by atomic mass is 10.1. The van der Waals surface area contributed by atoms with Crippen LogP contribution in [0.5, 0.6) is 5.75 Å². The Morgan fingerprint density at radius 3 is 2.41 bits per heavy atom. The van der Waals surface area contributed by atoms with E-state index >= 15 is 0 Å². The zero-order valence-electron chi connectivity index (χ0n) is 15.6. The van der Waals surface area contributed by atoms with Crippen molar-refractivity contribution in [2.24, 2.45) is 0 Å². The van der Waals surface area contributed by atoms with Gasteiger partial charge in [0.1, 0.15) is 11.6 Å². The van der Waals surface area contributed by atoms with E-state index in [0.717, 1.165) is 50.5 Å². The second-order valence-corrected chi connectivity index (χ2v) is 6.83. The van der Waals surface area contributed by atoms with Gasteiger partial charge in [-0.1, -0.05) is 36.4 Å². The summed E-state index contributed by atoms with van der Waals surface area (Å²) in [6.45, 7) is 4.57. The molecule has 0 unspecified atom stereocenters. The van der Waals surface area contributed by atoms with Crippen LogP contribution in [-0.4, -0.2) is 55.0 Å². The molecule has 27 heavy (non-hydrogen) atoms. The Labute approximate surface area is 160 Å². The van der Waals surface area contributed by atoms with E-state index < -0.39 is 0 Å². The van der Waals surface area contributed by atoms with Gasteiger partial charge in [-0.15, -0.1) is 0 Å². The molecule has 2 aromatic rings. The highest BCUT2D eigenvalue weighted by Gasteiger charge is 2.20. The van der Waals surface area contributed by atoms with E-state index in [0.29, 0.717) is 19.4 Å². The SMILES string of the molecule is O=C(CCCOc1ccccc1)N1CCN(CCc2ccccc2F)CC1. The van der Waals surface area contributed by atoms with E-state index in [-0.39, 0.29) is 11.7 Å². The number of carbonyl (C=O) groups excluding carboxylic acids is 1. The van der Waals surface area contributed by atoms with Gasteiger partial charge < -0.3 is 9.64 Å². The fraction of sp³-hybridized carbons (Fsp3) is 0.409. The van der Waals surface area contributed by atoms with E-state index in [1.165, 1.54) is 6.07 Å². The third-order valence-corrected chi connectivity index (χ3v) is 4.93. The highest BCUT2D eigenvalue weighted by Crippen LogP contribution is 2.11. The van der Waals surface area contributed by atoms with Crippen molar-refractivity contribution in [1.29, 1.82) is 0 Å². The summed E-state index contributed by atoms with van der Waals surface area (Å²) in [7, 11) is 0. The Hall–Kier alpha value is -2.40. The molecule has 0 radical (unpaired) electrons. The summed E-state index contributed by atoms with van der Waals surface area (Å²) in [5, 5.41) is 0. The van der Waals surface area contributed by atoms with E-state index in [4.69, 9.17) is 4.74 Å². The second kappa shape index (κ2) is 10.1. The number of para-hydroxylation sites is 1. The number of amides is 1. The molecule has 0 bridgehead atoms. The van der Waals surface area contributed by atoms with Crippen LogP contribution in [0.1, 0.15) is 18.4 Å². The number of hydrogen-bond donors (Lipinski definition) is 0. The van der Waals surface area contributed by atoms with Crippen molar-refractivity contribution >= 4 is 5.91 Å². The van der Waals surface area contributed by atoms with E-state index in [9.17, 15) is 9.18 Å². The Morgan fingerprint density at radius 1 is 0.963 bits per heavy atom. The minimum Gasteiger partial charge on any atom is -0.494 e. The number of halogens is 1. The molecule has 0 saturated carbocycles. The first-order valence-electron chi connectivity index (χ1n) is 9.64. The summed E-state index contributed by atoms with van der Waals surface area (Å²) >= 11 is 0. The predicted molar refractivity (Wildman–Crippen MR) is 104 cm³/mol. The molecular weight excluding hydrogens is 343 g/mol. The molecule has 0 atom stereocenters. The molecule has 1 amide bonds. The van der Waals surface area contributed by atoms with Crippen LogP contribution >= 0.6 is 0 Å². The molecule has 0 aromatic heterocycles. The topological polar surface area (TPSA) is 32.8 Å². The Balaban J connectivity index is 1.31. The van der Waals surface area contributed by atoms with Crippen LogP contribution in [0.2, 0.25) is 0 Å². The molecule has 1 heterocycles. The minimum atomic E-state index is -0.135. The summed E-state index contributed by atoms with van der Waals surface area (Å²) in [6, 6.07) is 16.6. The number of rotatable bonds is 8. The summed E-state index contributed by atoms with van der Waals surface area (Å²) in [5.74, 6) is 0.901. The largest absolute Gasteiger partial charge is 0.494 e. The number of carbonyl (C=O) groups is 1. The number of piperazine rings is 1. The standard InChI is InChI=1S/C22H27FN2O2/c23-21-10-5-4-7-19(21)12-13-24-14-16-25(17-15-24)22(26)11-6-18-27-20-8-2-1-3-9-20/h1-5,7-10H,6,11-18H2. The third kappa shape index (κ3) is 6.07. The fourth-order valence-electron chi connectivity index (χ4n) is 3.29. The van der Waals surface area contributed by atoms with Crippen LogP contribution in [0.3, 0.4) is 0 Å². The van der Waals surface area contributed by atoms with Crippen molar-refractivity contribution < 1.29 is 13.9 Å². The molecular formula is C22H27FN2O2. The first-order valence-corrected chi connectivity index (χ1v) is 9.64. The van der Waals surface area contributed by atoms with Crippen molar-refractivity contribution in [3.8, 4) is 5.75 Å². The van der Waals surface area contributed by atoms with Gasteiger partial charge in [0.2, 0.25) is 5.91 Å². The van der Waals surface area contributed by atoms with Gasteiger partial charge in [0.05, 0.1) is 6.61 Å². The lowest BCUT2D eigenvalue weighted by Gasteiger charge is -2.34. The van der Waals surface area contributed by atoms with Crippen LogP contribution in [0.25, 0.3) is 0 Å². The lowest BCUT2D eigenvalue weighted by molar-refractivity contribution is -0.133. The zero-order valence-corrected chi connectivity index (χ0v) is 15.6. The Kier molecular flexibility index (Phi) is 7.22. The average Bonchev–Trinajstić information content (AvgIpc) is 2.72. The molecule has 0 aliphatic carbocycles. The normalized spacial score (nSPS) is 14.9. The van der Waals surface area contributed by atoms with Crippen molar-refractivity contribution in [2.75, 3.05) is 39.3 Å². The van der Waals surface area contributed by atoms with Crippen LogP contribution in [0.4, 0.5) is 4.39 Å². The fourth-order valence-corrected chi connectivity index (χ4v) is 3.29. The quantitative estimate of drug-likeness (QED) is 0.668. The highest BCUT2D eigenvalue weighted by molar-refractivity contribution is 5.76. The molecule has 0 N–H and O–H groups in total. The van der Waals surface area contributed by atoms with Crippen LogP contribution in [-0.2, 0) is 11.2 Å². The molecule has 1 aliphatic rings. The smallest absolute Gasteiger partial charge is 0.222 e. The number of hydrogen-bond acceptors (Lipinski definition) is 3. The molecule has 1 saturated heterocycles. The monoisotopic (exact) mass is 370 g/mol. The van der Waals surface area contributed by atoms with Gasteiger partial charge in [-0.25, -0.2) is 4.39 Å². The van der Waals surface area contributed by atoms with Gasteiger partial charge in [-0.2, -0.15) is 0 Å². The minimum absolute atomic E-state index is 0.135. The van der Waals surface area contributed by atoms with E-state index in [1.807, 2.05) is 47.4 Å². The summed E-state index contributed by atoms with van der Waals surface area (Å²) in [4.78, 5) is 16.6. The average molecular weight is 370 g/mol. The number of nitrogens with zero attached hydrogens (tertiary/aromatic N) is 2. The first kappa shape index (κ1) is 19.4. The van der Waals surface area contributed by atoms with Gasteiger partial charge in [0.15, 0.2) is 0 Å². The van der Waals surface area contributed by atoms with Gasteiger partial charge in [-0.05, 0) is 36.6 Å². The molecule has 4 nitrogen and oxygen atoms in total. The number of ether oxygens (including phenoxy) is 1. The number of benzene rings is 2. The third-order valence-electron chi connectivity index (χ3n) is 4.93. The van der Waals surface area contributed by atoms with Crippen molar-refractivity contribution in [3.63, 3.8) is 0 Å². The van der Waals surface area contributed by atoms with Crippen molar-refractivity contribution in [2.45, 2.75) is 19.3 Å². The maximum atomic E-state index is 13.7. The summed E-state index contributed by atoms with van der Waals surface area (Å²) in [6.07, 6.45) is 1.95.